The molecule has 2 amide bonds. The fraction of sp³-hybridized carbons (Fsp3) is 0.429. The molecule has 0 saturated carbocycles. The van der Waals surface area contributed by atoms with Crippen LogP contribution in [0.3, 0.4) is 0 Å². The van der Waals surface area contributed by atoms with E-state index in [1.807, 2.05) is 7.05 Å². The molecule has 0 aromatic heterocycles. The summed E-state index contributed by atoms with van der Waals surface area (Å²) in [5.41, 5.74) is 1.03. The summed E-state index contributed by atoms with van der Waals surface area (Å²) in [6, 6.07) is 6.96. The highest BCUT2D eigenvalue weighted by atomic mass is 16.7. The maximum Gasteiger partial charge on any atom is 0.261 e. The molecular weight excluding hydrogens is 244 g/mol. The Morgan fingerprint density at radius 2 is 1.68 bits per heavy atom. The van der Waals surface area contributed by atoms with Crippen LogP contribution in [0.1, 0.15) is 33.6 Å². The largest absolute Gasteiger partial charge is 0.303 e. The zero-order chi connectivity index (χ0) is 13.8. The lowest BCUT2D eigenvalue weighted by Crippen LogP contribution is -2.31. The van der Waals surface area contributed by atoms with Crippen molar-refractivity contribution in [2.75, 3.05) is 27.2 Å². The van der Waals surface area contributed by atoms with Crippen LogP contribution in [0.2, 0.25) is 0 Å². The SMILES string of the molecule is CON(C)CCCCN1C(=O)c2ccccc2C1=O. The number of fused-ring (bicyclic) bond motifs is 1. The molecule has 1 aromatic rings. The van der Waals surface area contributed by atoms with E-state index < -0.39 is 0 Å². The minimum absolute atomic E-state index is 0.180. The number of hydrogen-bond donors (Lipinski definition) is 0. The summed E-state index contributed by atoms with van der Waals surface area (Å²) in [6.07, 6.45) is 1.65. The Balaban J connectivity index is 1.90. The molecule has 0 saturated heterocycles. The highest BCUT2D eigenvalue weighted by molar-refractivity contribution is 6.21. The first kappa shape index (κ1) is 13.7. The lowest BCUT2D eigenvalue weighted by atomic mass is 10.1. The third kappa shape index (κ3) is 2.83. The zero-order valence-electron chi connectivity index (χ0n) is 11.3. The van der Waals surface area contributed by atoms with Crippen LogP contribution in [0, 0.1) is 0 Å². The second-order valence-corrected chi connectivity index (χ2v) is 4.55. The number of hydroxylamine groups is 2. The summed E-state index contributed by atoms with van der Waals surface area (Å²) in [4.78, 5) is 30.5. The molecule has 0 atom stereocenters. The van der Waals surface area contributed by atoms with Crippen LogP contribution in [-0.4, -0.2) is 49.0 Å². The molecule has 1 aromatic carbocycles. The Bertz CT molecular complexity index is 452. The Labute approximate surface area is 112 Å². The van der Waals surface area contributed by atoms with Crippen LogP contribution >= 0.6 is 0 Å². The van der Waals surface area contributed by atoms with Gasteiger partial charge < -0.3 is 4.84 Å². The summed E-state index contributed by atoms with van der Waals surface area (Å²) in [5.74, 6) is -0.360. The molecule has 0 fully saturated rings. The summed E-state index contributed by atoms with van der Waals surface area (Å²) in [5, 5.41) is 1.72. The van der Waals surface area contributed by atoms with Gasteiger partial charge in [0.25, 0.3) is 11.8 Å². The normalized spacial score (nSPS) is 14.4. The van der Waals surface area contributed by atoms with Gasteiger partial charge in [-0.2, -0.15) is 5.06 Å². The topological polar surface area (TPSA) is 49.9 Å². The summed E-state index contributed by atoms with van der Waals surface area (Å²) < 4.78 is 0. The van der Waals surface area contributed by atoms with Gasteiger partial charge >= 0.3 is 0 Å². The predicted octanol–water partition coefficient (Wildman–Crippen LogP) is 1.56. The molecule has 1 aliphatic rings. The van der Waals surface area contributed by atoms with Gasteiger partial charge in [0, 0.05) is 20.1 Å². The van der Waals surface area contributed by atoms with E-state index in [1.165, 1.54) is 4.90 Å². The third-order valence-corrected chi connectivity index (χ3v) is 3.29. The molecule has 0 bridgehead atoms. The van der Waals surface area contributed by atoms with E-state index >= 15 is 0 Å². The maximum absolute atomic E-state index is 12.1. The van der Waals surface area contributed by atoms with Crippen molar-refractivity contribution in [3.05, 3.63) is 35.4 Å². The summed E-state index contributed by atoms with van der Waals surface area (Å²) >= 11 is 0. The van der Waals surface area contributed by atoms with Gasteiger partial charge in [-0.15, -0.1) is 0 Å². The number of hydrogen-bond acceptors (Lipinski definition) is 4. The Hall–Kier alpha value is -1.72. The predicted molar refractivity (Wildman–Crippen MR) is 70.7 cm³/mol. The summed E-state index contributed by atoms with van der Waals surface area (Å²) in [7, 11) is 3.46. The monoisotopic (exact) mass is 262 g/mol. The maximum atomic E-state index is 12.1. The van der Waals surface area contributed by atoms with Crippen molar-refractivity contribution in [2.24, 2.45) is 0 Å². The molecule has 0 aliphatic carbocycles. The van der Waals surface area contributed by atoms with Crippen molar-refractivity contribution < 1.29 is 14.4 Å². The highest BCUT2D eigenvalue weighted by Crippen LogP contribution is 2.22. The first-order valence-electron chi connectivity index (χ1n) is 6.35. The third-order valence-electron chi connectivity index (χ3n) is 3.29. The molecule has 1 heterocycles. The van der Waals surface area contributed by atoms with Crippen molar-refractivity contribution in [2.45, 2.75) is 12.8 Å². The average Bonchev–Trinajstić information content (AvgIpc) is 2.68. The minimum Gasteiger partial charge on any atom is -0.303 e. The van der Waals surface area contributed by atoms with E-state index in [4.69, 9.17) is 4.84 Å². The number of carbonyl (C=O) groups is 2. The van der Waals surface area contributed by atoms with Crippen molar-refractivity contribution in [3.63, 3.8) is 0 Å². The number of amides is 2. The molecule has 0 spiro atoms. The molecule has 19 heavy (non-hydrogen) atoms. The van der Waals surface area contributed by atoms with Crippen LogP contribution in [-0.2, 0) is 4.84 Å². The minimum atomic E-state index is -0.180. The van der Waals surface area contributed by atoms with Gasteiger partial charge in [-0.1, -0.05) is 12.1 Å². The van der Waals surface area contributed by atoms with E-state index in [0.29, 0.717) is 17.7 Å². The first-order valence-corrected chi connectivity index (χ1v) is 6.35. The summed E-state index contributed by atoms with van der Waals surface area (Å²) in [6.45, 7) is 1.24. The van der Waals surface area contributed by atoms with Gasteiger partial charge in [-0.3, -0.25) is 14.5 Å². The molecular formula is C14H18N2O3. The van der Waals surface area contributed by atoms with Gasteiger partial charge in [-0.25, -0.2) is 0 Å². The second kappa shape index (κ2) is 5.95. The van der Waals surface area contributed by atoms with E-state index in [0.717, 1.165) is 19.4 Å². The molecule has 5 heteroatoms. The van der Waals surface area contributed by atoms with Crippen LogP contribution in [0.4, 0.5) is 0 Å². The van der Waals surface area contributed by atoms with E-state index in [2.05, 4.69) is 0 Å². The van der Waals surface area contributed by atoms with E-state index in [9.17, 15) is 9.59 Å². The Morgan fingerprint density at radius 3 is 2.21 bits per heavy atom. The molecule has 2 rings (SSSR count). The van der Waals surface area contributed by atoms with Crippen molar-refractivity contribution >= 4 is 11.8 Å². The Kier molecular flexibility index (Phi) is 4.29. The van der Waals surface area contributed by atoms with Gasteiger partial charge in [0.2, 0.25) is 0 Å². The Morgan fingerprint density at radius 1 is 1.11 bits per heavy atom. The lowest BCUT2D eigenvalue weighted by molar-refractivity contribution is -0.109. The number of benzene rings is 1. The lowest BCUT2D eigenvalue weighted by Gasteiger charge is -2.16. The van der Waals surface area contributed by atoms with Crippen LogP contribution < -0.4 is 0 Å². The van der Waals surface area contributed by atoms with Crippen LogP contribution in [0.5, 0.6) is 0 Å². The van der Waals surface area contributed by atoms with E-state index in [-0.39, 0.29) is 11.8 Å². The number of nitrogens with zero attached hydrogens (tertiary/aromatic N) is 2. The quantitative estimate of drug-likeness (QED) is 0.443. The van der Waals surface area contributed by atoms with Crippen molar-refractivity contribution in [1.29, 1.82) is 0 Å². The standard InChI is InChI=1S/C14H18N2O3/c1-15(19-2)9-5-6-10-16-13(17)11-7-3-4-8-12(11)14(16)18/h3-4,7-8H,5-6,9-10H2,1-2H3. The highest BCUT2D eigenvalue weighted by Gasteiger charge is 2.34. The molecule has 5 nitrogen and oxygen atoms in total. The van der Waals surface area contributed by atoms with Gasteiger partial charge in [-0.05, 0) is 25.0 Å². The van der Waals surface area contributed by atoms with Crippen molar-refractivity contribution in [3.8, 4) is 0 Å². The van der Waals surface area contributed by atoms with E-state index in [1.54, 1.807) is 36.4 Å². The fourth-order valence-electron chi connectivity index (χ4n) is 2.14. The molecule has 0 radical (unpaired) electrons. The second-order valence-electron chi connectivity index (χ2n) is 4.55. The van der Waals surface area contributed by atoms with Gasteiger partial charge in [0.1, 0.15) is 0 Å². The van der Waals surface area contributed by atoms with Crippen molar-refractivity contribution in [1.82, 2.24) is 9.96 Å². The molecule has 1 aliphatic heterocycles. The fourth-order valence-corrected chi connectivity index (χ4v) is 2.14. The first-order chi connectivity index (χ1) is 9.15. The molecule has 102 valence electrons. The molecule has 0 N–H and O–H groups in total. The number of imide groups is 1. The smallest absolute Gasteiger partial charge is 0.261 e. The molecule has 0 unspecified atom stereocenters. The number of carbonyl (C=O) groups excluding carboxylic acids is 2. The number of rotatable bonds is 6. The van der Waals surface area contributed by atoms with Crippen LogP contribution in [0.15, 0.2) is 24.3 Å². The number of unbranched alkanes of at least 4 members (excludes halogenated alkanes) is 1. The van der Waals surface area contributed by atoms with Crippen LogP contribution in [0.25, 0.3) is 0 Å². The average molecular weight is 262 g/mol. The zero-order valence-corrected chi connectivity index (χ0v) is 11.3. The van der Waals surface area contributed by atoms with Gasteiger partial charge in [0.05, 0.1) is 18.2 Å². The van der Waals surface area contributed by atoms with Gasteiger partial charge in [0.15, 0.2) is 0 Å².